The van der Waals surface area contributed by atoms with Gasteiger partial charge in [0.25, 0.3) is 0 Å². The molecule has 1 aliphatic heterocycles. The summed E-state index contributed by atoms with van der Waals surface area (Å²) >= 11 is 0. The van der Waals surface area contributed by atoms with Crippen molar-refractivity contribution >= 4 is 16.9 Å². The van der Waals surface area contributed by atoms with Crippen LogP contribution < -0.4 is 10.1 Å². The minimum absolute atomic E-state index is 0.0354. The summed E-state index contributed by atoms with van der Waals surface area (Å²) in [6.45, 7) is 2.15. The second kappa shape index (κ2) is 8.85. The number of carbonyl (C=O) groups excluding carboxylic acids is 1. The topological polar surface area (TPSA) is 92.4 Å². The Labute approximate surface area is 174 Å². The van der Waals surface area contributed by atoms with Crippen LogP contribution in [0.1, 0.15) is 23.9 Å². The van der Waals surface area contributed by atoms with Crippen LogP contribution in [0.2, 0.25) is 0 Å². The number of nitrogens with zero attached hydrogens (tertiary/aromatic N) is 4. The number of benzene rings is 1. The standard InChI is InChI=1S/C21H27N5O4/c1-25-18-5-4-15(29-3)10-17(18)24-19(25)12-22-21(27)16-6-8-30-20(16)14-11-23-26(13-14)7-9-28-2/h4-5,10-11,13,16,20H,6-9,12H2,1-3H3,(H,22,27)/t16-,20+/m0/s1. The zero-order valence-corrected chi connectivity index (χ0v) is 17.5. The van der Waals surface area contributed by atoms with E-state index in [4.69, 9.17) is 14.2 Å². The molecule has 1 saturated heterocycles. The molecule has 0 spiro atoms. The molecule has 9 heteroatoms. The van der Waals surface area contributed by atoms with Crippen LogP contribution in [-0.2, 0) is 34.4 Å². The monoisotopic (exact) mass is 413 g/mol. The van der Waals surface area contributed by atoms with E-state index in [0.717, 1.165) is 28.2 Å². The van der Waals surface area contributed by atoms with Crippen molar-refractivity contribution in [3.05, 3.63) is 42.0 Å². The molecule has 1 N–H and O–H groups in total. The van der Waals surface area contributed by atoms with Gasteiger partial charge in [0.05, 0.1) is 56.1 Å². The van der Waals surface area contributed by atoms with Crippen molar-refractivity contribution in [1.82, 2.24) is 24.6 Å². The number of imidazole rings is 1. The Hall–Kier alpha value is -2.91. The van der Waals surface area contributed by atoms with E-state index >= 15 is 0 Å². The lowest BCUT2D eigenvalue weighted by Gasteiger charge is -2.17. The first kappa shape index (κ1) is 20.4. The van der Waals surface area contributed by atoms with Crippen LogP contribution in [0.4, 0.5) is 0 Å². The van der Waals surface area contributed by atoms with Gasteiger partial charge in [-0.05, 0) is 18.6 Å². The first-order valence-electron chi connectivity index (χ1n) is 10.0. The molecule has 160 valence electrons. The van der Waals surface area contributed by atoms with Crippen LogP contribution in [0.25, 0.3) is 11.0 Å². The van der Waals surface area contributed by atoms with Gasteiger partial charge in [0.1, 0.15) is 11.6 Å². The van der Waals surface area contributed by atoms with E-state index in [-0.39, 0.29) is 17.9 Å². The molecule has 1 aromatic carbocycles. The number of methoxy groups -OCH3 is 2. The number of carbonyl (C=O) groups is 1. The molecule has 0 radical (unpaired) electrons. The Kier molecular flexibility index (Phi) is 6.01. The first-order valence-corrected chi connectivity index (χ1v) is 10.0. The Bertz CT molecular complexity index is 1030. The molecule has 2 atom stereocenters. The third-order valence-corrected chi connectivity index (χ3v) is 5.54. The van der Waals surface area contributed by atoms with Gasteiger partial charge in [-0.15, -0.1) is 0 Å². The number of ether oxygens (including phenoxy) is 3. The van der Waals surface area contributed by atoms with Gasteiger partial charge >= 0.3 is 0 Å². The van der Waals surface area contributed by atoms with Gasteiger partial charge in [-0.2, -0.15) is 5.10 Å². The lowest BCUT2D eigenvalue weighted by molar-refractivity contribution is -0.127. The second-order valence-electron chi connectivity index (χ2n) is 7.38. The predicted molar refractivity (Wildman–Crippen MR) is 110 cm³/mol. The molecule has 2 aromatic heterocycles. The van der Waals surface area contributed by atoms with Gasteiger partial charge in [0.15, 0.2) is 0 Å². The molecule has 9 nitrogen and oxygen atoms in total. The van der Waals surface area contributed by atoms with Crippen molar-refractivity contribution in [2.45, 2.75) is 25.6 Å². The van der Waals surface area contributed by atoms with Crippen molar-refractivity contribution in [1.29, 1.82) is 0 Å². The molecular weight excluding hydrogens is 386 g/mol. The summed E-state index contributed by atoms with van der Waals surface area (Å²) in [5.41, 5.74) is 2.75. The van der Waals surface area contributed by atoms with Crippen LogP contribution in [0, 0.1) is 5.92 Å². The summed E-state index contributed by atoms with van der Waals surface area (Å²) in [4.78, 5) is 17.6. The van der Waals surface area contributed by atoms with Gasteiger partial charge in [0, 0.05) is 38.6 Å². The lowest BCUT2D eigenvalue weighted by Crippen LogP contribution is -2.32. The quantitative estimate of drug-likeness (QED) is 0.606. The highest BCUT2D eigenvalue weighted by Crippen LogP contribution is 2.34. The average Bonchev–Trinajstić information content (AvgIpc) is 3.49. The maximum atomic E-state index is 12.9. The summed E-state index contributed by atoms with van der Waals surface area (Å²) < 4.78 is 20.0. The number of aromatic nitrogens is 4. The minimum atomic E-state index is -0.286. The molecule has 0 aliphatic carbocycles. The minimum Gasteiger partial charge on any atom is -0.497 e. The smallest absolute Gasteiger partial charge is 0.226 e. The fourth-order valence-corrected chi connectivity index (χ4v) is 3.83. The fraction of sp³-hybridized carbons (Fsp3) is 0.476. The maximum Gasteiger partial charge on any atom is 0.226 e. The molecule has 1 aliphatic rings. The van der Waals surface area contributed by atoms with Gasteiger partial charge in [-0.1, -0.05) is 0 Å². The highest BCUT2D eigenvalue weighted by molar-refractivity contribution is 5.80. The summed E-state index contributed by atoms with van der Waals surface area (Å²) in [6, 6.07) is 5.76. The number of hydrogen-bond donors (Lipinski definition) is 1. The predicted octanol–water partition coefficient (Wildman–Crippen LogP) is 1.82. The number of aryl methyl sites for hydroxylation is 1. The van der Waals surface area contributed by atoms with Gasteiger partial charge < -0.3 is 24.1 Å². The van der Waals surface area contributed by atoms with Crippen LogP contribution >= 0.6 is 0 Å². The number of nitrogens with one attached hydrogen (secondary N) is 1. The Morgan fingerprint density at radius 3 is 3.03 bits per heavy atom. The van der Waals surface area contributed by atoms with Crippen molar-refractivity contribution in [2.24, 2.45) is 13.0 Å². The zero-order chi connectivity index (χ0) is 21.1. The Balaban J connectivity index is 1.42. The molecule has 4 rings (SSSR count). The summed E-state index contributed by atoms with van der Waals surface area (Å²) in [5.74, 6) is 1.26. The van der Waals surface area contributed by atoms with Gasteiger partial charge in [-0.25, -0.2) is 4.98 Å². The average molecular weight is 413 g/mol. The van der Waals surface area contributed by atoms with Crippen LogP contribution in [0.5, 0.6) is 5.75 Å². The summed E-state index contributed by atoms with van der Waals surface area (Å²) in [7, 11) is 5.23. The molecule has 0 unspecified atom stereocenters. The normalized spacial score (nSPS) is 18.8. The lowest BCUT2D eigenvalue weighted by atomic mass is 9.96. The van der Waals surface area contributed by atoms with Crippen molar-refractivity contribution < 1.29 is 19.0 Å². The highest BCUT2D eigenvalue weighted by atomic mass is 16.5. The van der Waals surface area contributed by atoms with E-state index in [1.807, 2.05) is 40.7 Å². The van der Waals surface area contributed by atoms with Crippen molar-refractivity contribution in [3.63, 3.8) is 0 Å². The third-order valence-electron chi connectivity index (χ3n) is 5.54. The fourth-order valence-electron chi connectivity index (χ4n) is 3.83. The van der Waals surface area contributed by atoms with E-state index in [9.17, 15) is 4.79 Å². The zero-order valence-electron chi connectivity index (χ0n) is 17.5. The van der Waals surface area contributed by atoms with Gasteiger partial charge in [0.2, 0.25) is 5.91 Å². The van der Waals surface area contributed by atoms with Crippen LogP contribution in [0.3, 0.4) is 0 Å². The van der Waals surface area contributed by atoms with E-state index in [1.165, 1.54) is 0 Å². The second-order valence-corrected chi connectivity index (χ2v) is 7.38. The first-order chi connectivity index (χ1) is 14.6. The molecule has 1 amide bonds. The number of hydrogen-bond acceptors (Lipinski definition) is 6. The van der Waals surface area contributed by atoms with Crippen molar-refractivity contribution in [3.8, 4) is 5.75 Å². The molecule has 3 aromatic rings. The summed E-state index contributed by atoms with van der Waals surface area (Å²) in [6.07, 6.45) is 4.09. The van der Waals surface area contributed by atoms with Crippen LogP contribution in [0.15, 0.2) is 30.6 Å². The number of fused-ring (bicyclic) bond motifs is 1. The number of amides is 1. The largest absolute Gasteiger partial charge is 0.497 e. The Morgan fingerprint density at radius 2 is 2.23 bits per heavy atom. The maximum absolute atomic E-state index is 12.9. The van der Waals surface area contributed by atoms with E-state index in [0.29, 0.717) is 32.7 Å². The molecule has 0 saturated carbocycles. The van der Waals surface area contributed by atoms with Crippen molar-refractivity contribution in [2.75, 3.05) is 27.4 Å². The molecule has 3 heterocycles. The van der Waals surface area contributed by atoms with Gasteiger partial charge in [-0.3, -0.25) is 9.48 Å². The van der Waals surface area contributed by atoms with E-state index < -0.39 is 0 Å². The molecular formula is C21H27N5O4. The SMILES string of the molecule is COCCn1cc([C@H]2OCC[C@@H]2C(=O)NCc2nc3cc(OC)ccc3n2C)cn1. The third kappa shape index (κ3) is 4.03. The molecule has 0 bridgehead atoms. The van der Waals surface area contributed by atoms with E-state index in [2.05, 4.69) is 15.4 Å². The van der Waals surface area contributed by atoms with E-state index in [1.54, 1.807) is 20.4 Å². The Morgan fingerprint density at radius 1 is 1.37 bits per heavy atom. The highest BCUT2D eigenvalue weighted by Gasteiger charge is 2.36. The molecule has 1 fully saturated rings. The molecule has 30 heavy (non-hydrogen) atoms. The van der Waals surface area contributed by atoms with Crippen LogP contribution in [-0.4, -0.2) is 52.7 Å². The number of rotatable bonds is 8. The summed E-state index contributed by atoms with van der Waals surface area (Å²) in [5, 5.41) is 7.37.